The van der Waals surface area contributed by atoms with Crippen molar-refractivity contribution in [1.82, 2.24) is 0 Å². The van der Waals surface area contributed by atoms with Crippen molar-refractivity contribution in [2.24, 2.45) is 17.2 Å². The first-order valence-corrected chi connectivity index (χ1v) is 39.2. The number of nitrogens with zero attached hydrogens (tertiary/aromatic N) is 2. The number of aryl methyl sites for hydroxylation is 3. The lowest BCUT2D eigenvalue weighted by atomic mass is 10.1. The van der Waals surface area contributed by atoms with Crippen molar-refractivity contribution in [3.63, 3.8) is 0 Å². The molecule has 3 aromatic heterocycles. The smallest absolute Gasteiger partial charge is 0.278 e. The van der Waals surface area contributed by atoms with Gasteiger partial charge in [-0.25, -0.2) is 8.42 Å². The van der Waals surface area contributed by atoms with E-state index in [1.165, 1.54) is 83.0 Å². The van der Waals surface area contributed by atoms with Crippen LogP contribution in [-0.4, -0.2) is 78.4 Å². The van der Waals surface area contributed by atoms with Gasteiger partial charge in [0.05, 0.1) is 68.8 Å². The molecule has 0 aliphatic heterocycles. The summed E-state index contributed by atoms with van der Waals surface area (Å²) >= 11 is 7.22. The predicted molar refractivity (Wildman–Crippen MR) is 367 cm³/mol. The van der Waals surface area contributed by atoms with Crippen LogP contribution in [0.3, 0.4) is 0 Å². The molecule has 0 fully saturated rings. The van der Waals surface area contributed by atoms with Crippen LogP contribution in [0.2, 0.25) is 0 Å². The number of hydrogen-bond donors (Lipinski definition) is 7. The van der Waals surface area contributed by atoms with Crippen LogP contribution < -0.4 is 29.3 Å². The van der Waals surface area contributed by atoms with Crippen molar-refractivity contribution in [3.05, 3.63) is 207 Å². The molecule has 0 aliphatic rings. The molecule has 10 aromatic rings. The zero-order chi connectivity index (χ0) is 65.0. The highest BCUT2D eigenvalue weighted by molar-refractivity contribution is 8.11. The quantitative estimate of drug-likeness (QED) is 0.0225. The van der Waals surface area contributed by atoms with Gasteiger partial charge in [-0.15, -0.1) is 69.3 Å². The van der Waals surface area contributed by atoms with Crippen LogP contribution in [0.1, 0.15) is 31.3 Å². The first kappa shape index (κ1) is 67.7. The highest BCUT2D eigenvalue weighted by Crippen LogP contribution is 2.46. The Balaban J connectivity index is 0.000000179. The molecular formula is C59H57N9O10S11. The zero-order valence-electron chi connectivity index (χ0n) is 47.9. The summed E-state index contributed by atoms with van der Waals surface area (Å²) < 4.78 is 143. The summed E-state index contributed by atoms with van der Waals surface area (Å²) in [5.41, 5.74) is 18.6. The molecule has 0 atom stereocenters. The summed E-state index contributed by atoms with van der Waals surface area (Å²) in [5.74, 6) is -0.624. The first-order chi connectivity index (χ1) is 42.0. The topological polar surface area (TPSA) is 339 Å². The van der Waals surface area contributed by atoms with E-state index < -0.39 is 50.1 Å². The van der Waals surface area contributed by atoms with Gasteiger partial charge >= 0.3 is 0 Å². The van der Waals surface area contributed by atoms with E-state index in [-0.39, 0.29) is 63.1 Å². The Morgan fingerprint density at radius 1 is 0.393 bits per heavy atom. The Bertz CT molecular complexity index is 4800. The van der Waals surface area contributed by atoms with Crippen LogP contribution in [0.15, 0.2) is 213 Å². The number of benzene rings is 7. The molecule has 0 spiro atoms. The van der Waals surface area contributed by atoms with Crippen molar-refractivity contribution >= 4 is 176 Å². The molecule has 0 bridgehead atoms. The fraction of sp³-hybridized carbons (Fsp3) is 0.102. The minimum Gasteiger partial charge on any atom is -0.383 e. The van der Waals surface area contributed by atoms with E-state index >= 15 is 0 Å². The zero-order valence-corrected chi connectivity index (χ0v) is 56.9. The standard InChI is InChI=1S/C26H21N3O4S4.C20H21N3O4S4.C13H15N3O2S3/c1-34-26-21(16-22(35-26)25(27)28)29(36(30,31)23-14-6-10-17-8-2-4-12-19(17)23)37(32,33)24-15-7-11-18-9-3-5-13-20(18)24;1-13-8-4-6-10-17(13)30(24,25)23(15-12-16(19(21)22)29-20(15)28-3)31(26,27)18-11-7-5-9-14(18)2;1-8-5-3-4-6-11(8)21(17,18)16-9-7-10(12(14)15)20-13(9)19-2/h2-16H,1H3,(H3,27,28);4-12H,1-3H3,(H3,21,22);3-7,16H,1-2H3,(H3,14,15). The number of amidine groups is 3. The third-order valence-electron chi connectivity index (χ3n) is 13.1. The summed E-state index contributed by atoms with van der Waals surface area (Å²) in [4.78, 5) is 0.822. The maximum absolute atomic E-state index is 14.4. The number of thioether (sulfide) groups is 3. The van der Waals surface area contributed by atoms with E-state index in [9.17, 15) is 42.1 Å². The van der Waals surface area contributed by atoms with Gasteiger partial charge < -0.3 is 17.2 Å². The molecule has 19 nitrogen and oxygen atoms in total. The lowest BCUT2D eigenvalue weighted by Crippen LogP contribution is -2.37. The lowest BCUT2D eigenvalue weighted by Gasteiger charge is -2.25. The van der Waals surface area contributed by atoms with Crippen molar-refractivity contribution in [2.45, 2.75) is 57.9 Å². The minimum atomic E-state index is -4.67. The SMILES string of the molecule is CSc1sc(C(=N)N)cc1N(S(=O)(=O)c1cccc2ccccc12)S(=O)(=O)c1cccc2ccccc12.CSc1sc(C(=N)N)cc1N(S(=O)(=O)c1ccccc1C)S(=O)(=O)c1ccccc1C.CSc1sc(C(=N)N)cc1NS(=O)(=O)c1ccccc1C. The van der Waals surface area contributed by atoms with Gasteiger partial charge in [0, 0.05) is 10.8 Å². The molecule has 0 amide bonds. The fourth-order valence-electron chi connectivity index (χ4n) is 9.00. The number of nitrogen functional groups attached to an aromatic ring is 3. The molecular weight excluding hydrogens is 1350 g/mol. The Morgan fingerprint density at radius 2 is 0.685 bits per heavy atom. The molecule has 0 saturated heterocycles. The number of nitrogens with two attached hydrogens (primary N) is 3. The van der Waals surface area contributed by atoms with Crippen LogP contribution in [0.25, 0.3) is 21.5 Å². The maximum atomic E-state index is 14.4. The van der Waals surface area contributed by atoms with Gasteiger partial charge in [0.2, 0.25) is 0 Å². The van der Waals surface area contributed by atoms with Crippen molar-refractivity contribution < 1.29 is 42.1 Å². The van der Waals surface area contributed by atoms with Crippen LogP contribution in [0.4, 0.5) is 17.1 Å². The summed E-state index contributed by atoms with van der Waals surface area (Å²) in [6.07, 6.45) is 5.27. The number of thiophene rings is 3. The number of rotatable bonds is 19. The molecule has 10 N–H and O–H groups in total. The molecule has 0 unspecified atom stereocenters. The summed E-state index contributed by atoms with van der Waals surface area (Å²) in [5, 5.41) is 25.2. The maximum Gasteiger partial charge on any atom is 0.278 e. The third kappa shape index (κ3) is 14.1. The molecule has 10 rings (SSSR count). The van der Waals surface area contributed by atoms with Gasteiger partial charge in [-0.05, 0) is 116 Å². The number of hydrogen-bond acceptors (Lipinski definition) is 19. The normalized spacial score (nSPS) is 11.9. The number of sulfonamides is 5. The monoisotopic (exact) mass is 1400 g/mol. The summed E-state index contributed by atoms with van der Waals surface area (Å²) in [6.45, 7) is 4.96. The van der Waals surface area contributed by atoms with Gasteiger partial charge in [0.1, 0.15) is 17.5 Å². The van der Waals surface area contributed by atoms with E-state index in [1.54, 1.807) is 173 Å². The van der Waals surface area contributed by atoms with E-state index in [1.807, 2.05) is 6.26 Å². The first-order valence-electron chi connectivity index (χ1n) is 25.9. The number of nitrogens with one attached hydrogen (secondary N) is 4. The molecule has 3 heterocycles. The Labute approximate surface area is 542 Å². The van der Waals surface area contributed by atoms with Crippen LogP contribution >= 0.6 is 69.3 Å². The average Bonchev–Trinajstić information content (AvgIpc) is 1.78. The molecule has 0 radical (unpaired) electrons. The minimum absolute atomic E-state index is 0.0470. The molecule has 7 aromatic carbocycles. The van der Waals surface area contributed by atoms with Crippen molar-refractivity contribution in [2.75, 3.05) is 30.9 Å². The van der Waals surface area contributed by atoms with Crippen molar-refractivity contribution in [3.8, 4) is 0 Å². The Morgan fingerprint density at radius 3 is 1.04 bits per heavy atom. The van der Waals surface area contributed by atoms with Gasteiger partial charge in [-0.2, -0.15) is 41.1 Å². The van der Waals surface area contributed by atoms with Crippen LogP contribution in [0.5, 0.6) is 0 Å². The van der Waals surface area contributed by atoms with E-state index in [0.717, 1.165) is 26.9 Å². The third-order valence-corrected chi connectivity index (χ3v) is 30.2. The predicted octanol–water partition coefficient (Wildman–Crippen LogP) is 12.5. The molecule has 0 aliphatic carbocycles. The van der Waals surface area contributed by atoms with Crippen LogP contribution in [-0.2, 0) is 50.1 Å². The summed E-state index contributed by atoms with van der Waals surface area (Å²) in [6, 6.07) is 46.8. The van der Waals surface area contributed by atoms with Crippen molar-refractivity contribution in [1.29, 1.82) is 16.2 Å². The number of anilines is 3. The summed E-state index contributed by atoms with van der Waals surface area (Å²) in [7, 11) is -22.1. The molecule has 89 heavy (non-hydrogen) atoms. The van der Waals surface area contributed by atoms with Gasteiger partial charge in [0.25, 0.3) is 50.1 Å². The molecule has 0 saturated carbocycles. The lowest BCUT2D eigenvalue weighted by molar-refractivity contribution is 0.580. The second-order valence-electron chi connectivity index (χ2n) is 19.0. The van der Waals surface area contributed by atoms with Gasteiger partial charge in [-0.1, -0.05) is 127 Å². The Kier molecular flexibility index (Phi) is 20.9. The average molecular weight is 1400 g/mol. The van der Waals surface area contributed by atoms with Gasteiger partial charge in [0.15, 0.2) is 0 Å². The van der Waals surface area contributed by atoms with E-state index in [4.69, 9.17) is 33.4 Å². The second kappa shape index (κ2) is 27.5. The second-order valence-corrected chi connectivity index (χ2v) is 34.5. The number of fused-ring (bicyclic) bond motifs is 2. The fourth-order valence-corrected chi connectivity index (χ4v) is 24.2. The molecule has 464 valence electrons. The highest BCUT2D eigenvalue weighted by Gasteiger charge is 2.42. The Hall–Kier alpha value is -7.23. The van der Waals surface area contributed by atoms with E-state index in [0.29, 0.717) is 64.6 Å². The largest absolute Gasteiger partial charge is 0.383 e. The highest BCUT2D eigenvalue weighted by atomic mass is 32.3. The molecule has 30 heteroatoms. The van der Waals surface area contributed by atoms with E-state index in [2.05, 4.69) is 4.72 Å². The van der Waals surface area contributed by atoms with Gasteiger partial charge in [-0.3, -0.25) is 20.9 Å². The van der Waals surface area contributed by atoms with Crippen LogP contribution in [0, 0.1) is 37.0 Å².